The van der Waals surface area contributed by atoms with Crippen LogP contribution in [0.4, 0.5) is 0 Å². The Balaban J connectivity index is 1.73. The number of aromatic nitrogens is 4. The minimum absolute atomic E-state index is 0.827. The molecule has 0 unspecified atom stereocenters. The van der Waals surface area contributed by atoms with Gasteiger partial charge in [0.25, 0.3) is 0 Å². The molecular formula is C22H20N4S. The molecule has 4 aromatic rings. The molecule has 0 bridgehead atoms. The van der Waals surface area contributed by atoms with E-state index in [2.05, 4.69) is 82.1 Å². The van der Waals surface area contributed by atoms with E-state index in [9.17, 15) is 0 Å². The lowest BCUT2D eigenvalue weighted by Crippen LogP contribution is -2.00. The molecule has 2 aromatic heterocycles. The fourth-order valence-electron chi connectivity index (χ4n) is 2.93. The van der Waals surface area contributed by atoms with E-state index in [4.69, 9.17) is 0 Å². The van der Waals surface area contributed by atoms with Crippen molar-refractivity contribution in [2.24, 2.45) is 0 Å². The Morgan fingerprint density at radius 3 is 2.37 bits per heavy atom. The summed E-state index contributed by atoms with van der Waals surface area (Å²) in [6, 6.07) is 20.9. The molecule has 2 heterocycles. The smallest absolute Gasteiger partial charge is 0.196 e. The summed E-state index contributed by atoms with van der Waals surface area (Å²) in [7, 11) is 0. The van der Waals surface area contributed by atoms with Gasteiger partial charge in [0.1, 0.15) is 0 Å². The van der Waals surface area contributed by atoms with Gasteiger partial charge < -0.3 is 0 Å². The first kappa shape index (κ1) is 17.5. The van der Waals surface area contributed by atoms with Crippen LogP contribution in [0, 0.1) is 13.8 Å². The number of benzene rings is 2. The summed E-state index contributed by atoms with van der Waals surface area (Å²) < 4.78 is 2.12. The SMILES string of the molecule is Cc1ccc(-n2c(SCc3cccc(C)c3)nnc2-c2ccncc2)cc1. The summed E-state index contributed by atoms with van der Waals surface area (Å²) in [5, 5.41) is 9.85. The maximum absolute atomic E-state index is 4.48. The average molecular weight is 372 g/mol. The fraction of sp³-hybridized carbons (Fsp3) is 0.136. The van der Waals surface area contributed by atoms with Crippen LogP contribution < -0.4 is 0 Å². The van der Waals surface area contributed by atoms with Crippen molar-refractivity contribution in [3.63, 3.8) is 0 Å². The summed E-state index contributed by atoms with van der Waals surface area (Å²) in [5.74, 6) is 1.68. The first-order chi connectivity index (χ1) is 13.2. The Morgan fingerprint density at radius 2 is 1.63 bits per heavy atom. The molecule has 27 heavy (non-hydrogen) atoms. The van der Waals surface area contributed by atoms with Crippen LogP contribution in [0.1, 0.15) is 16.7 Å². The Labute approximate surface area is 163 Å². The number of nitrogens with zero attached hydrogens (tertiary/aromatic N) is 4. The van der Waals surface area contributed by atoms with Crippen molar-refractivity contribution in [3.05, 3.63) is 89.7 Å². The van der Waals surface area contributed by atoms with E-state index in [-0.39, 0.29) is 0 Å². The molecule has 0 fully saturated rings. The molecule has 0 aliphatic rings. The van der Waals surface area contributed by atoms with E-state index in [0.717, 1.165) is 28.0 Å². The van der Waals surface area contributed by atoms with Crippen LogP contribution in [-0.4, -0.2) is 19.7 Å². The zero-order valence-electron chi connectivity index (χ0n) is 15.3. The molecule has 0 atom stereocenters. The highest BCUT2D eigenvalue weighted by molar-refractivity contribution is 7.98. The minimum Gasteiger partial charge on any atom is -0.270 e. The van der Waals surface area contributed by atoms with Gasteiger partial charge >= 0.3 is 0 Å². The van der Waals surface area contributed by atoms with Crippen molar-refractivity contribution in [2.45, 2.75) is 24.8 Å². The summed E-state index contributed by atoms with van der Waals surface area (Å²) in [6.45, 7) is 4.21. The van der Waals surface area contributed by atoms with Crippen LogP contribution in [0.2, 0.25) is 0 Å². The Bertz CT molecular complexity index is 1040. The first-order valence-corrected chi connectivity index (χ1v) is 9.80. The van der Waals surface area contributed by atoms with Crippen LogP contribution in [0.15, 0.2) is 78.2 Å². The van der Waals surface area contributed by atoms with E-state index in [0.29, 0.717) is 0 Å². The van der Waals surface area contributed by atoms with Gasteiger partial charge in [0.15, 0.2) is 11.0 Å². The highest BCUT2D eigenvalue weighted by Crippen LogP contribution is 2.29. The van der Waals surface area contributed by atoms with E-state index in [1.165, 1.54) is 16.7 Å². The second kappa shape index (κ2) is 7.76. The highest BCUT2D eigenvalue weighted by atomic mass is 32.2. The van der Waals surface area contributed by atoms with Gasteiger partial charge in [-0.15, -0.1) is 10.2 Å². The standard InChI is InChI=1S/C22H20N4S/c1-16-6-8-20(9-7-16)26-21(19-10-12-23-13-11-19)24-25-22(26)27-15-18-5-3-4-17(2)14-18/h3-14H,15H2,1-2H3. The predicted molar refractivity (Wildman–Crippen MR) is 110 cm³/mol. The predicted octanol–water partition coefficient (Wildman–Crippen LogP) is 5.24. The topological polar surface area (TPSA) is 43.6 Å². The molecule has 0 saturated heterocycles. The van der Waals surface area contributed by atoms with Crippen LogP contribution in [0.25, 0.3) is 17.1 Å². The summed E-state index contributed by atoms with van der Waals surface area (Å²) in [4.78, 5) is 4.11. The van der Waals surface area contributed by atoms with E-state index >= 15 is 0 Å². The number of aryl methyl sites for hydroxylation is 2. The van der Waals surface area contributed by atoms with Crippen molar-refractivity contribution < 1.29 is 0 Å². The van der Waals surface area contributed by atoms with E-state index in [1.54, 1.807) is 24.2 Å². The molecule has 0 aliphatic heterocycles. The van der Waals surface area contributed by atoms with Gasteiger partial charge in [-0.3, -0.25) is 9.55 Å². The van der Waals surface area contributed by atoms with Gasteiger partial charge in [-0.1, -0.05) is 59.3 Å². The zero-order valence-corrected chi connectivity index (χ0v) is 16.1. The van der Waals surface area contributed by atoms with Crippen molar-refractivity contribution in [2.75, 3.05) is 0 Å². The molecule has 0 N–H and O–H groups in total. The second-order valence-electron chi connectivity index (χ2n) is 6.49. The first-order valence-electron chi connectivity index (χ1n) is 8.82. The van der Waals surface area contributed by atoms with Crippen molar-refractivity contribution in [3.8, 4) is 17.1 Å². The average Bonchev–Trinajstić information content (AvgIpc) is 3.12. The number of pyridine rings is 1. The molecule has 0 spiro atoms. The van der Waals surface area contributed by atoms with Gasteiger partial charge in [0, 0.05) is 29.4 Å². The second-order valence-corrected chi connectivity index (χ2v) is 7.43. The largest absolute Gasteiger partial charge is 0.270 e. The van der Waals surface area contributed by atoms with Crippen molar-refractivity contribution >= 4 is 11.8 Å². The monoisotopic (exact) mass is 372 g/mol. The zero-order chi connectivity index (χ0) is 18.6. The highest BCUT2D eigenvalue weighted by Gasteiger charge is 2.16. The lowest BCUT2D eigenvalue weighted by atomic mass is 10.2. The van der Waals surface area contributed by atoms with E-state index in [1.807, 2.05) is 12.1 Å². The maximum Gasteiger partial charge on any atom is 0.196 e. The number of rotatable bonds is 5. The molecular weight excluding hydrogens is 352 g/mol. The molecule has 0 saturated carbocycles. The molecule has 4 nitrogen and oxygen atoms in total. The summed E-state index contributed by atoms with van der Waals surface area (Å²) in [5.41, 5.74) is 5.84. The lowest BCUT2D eigenvalue weighted by molar-refractivity contribution is 0.885. The summed E-state index contributed by atoms with van der Waals surface area (Å²) >= 11 is 1.70. The van der Waals surface area contributed by atoms with Crippen LogP contribution in [0.3, 0.4) is 0 Å². The molecule has 4 rings (SSSR count). The minimum atomic E-state index is 0.827. The Kier molecular flexibility index (Phi) is 5.03. The van der Waals surface area contributed by atoms with Crippen molar-refractivity contribution in [1.82, 2.24) is 19.7 Å². The Morgan fingerprint density at radius 1 is 0.852 bits per heavy atom. The quantitative estimate of drug-likeness (QED) is 0.450. The van der Waals surface area contributed by atoms with Crippen LogP contribution in [-0.2, 0) is 5.75 Å². The van der Waals surface area contributed by atoms with Gasteiger partial charge in [-0.25, -0.2) is 0 Å². The number of hydrogen-bond donors (Lipinski definition) is 0. The lowest BCUT2D eigenvalue weighted by Gasteiger charge is -2.11. The van der Waals surface area contributed by atoms with Gasteiger partial charge in [0.2, 0.25) is 0 Å². The maximum atomic E-state index is 4.48. The normalized spacial score (nSPS) is 10.9. The van der Waals surface area contributed by atoms with Gasteiger partial charge in [-0.05, 0) is 43.7 Å². The third-order valence-electron chi connectivity index (χ3n) is 4.31. The van der Waals surface area contributed by atoms with Crippen LogP contribution >= 0.6 is 11.8 Å². The molecule has 134 valence electrons. The fourth-order valence-corrected chi connectivity index (χ4v) is 3.82. The third-order valence-corrected chi connectivity index (χ3v) is 5.31. The van der Waals surface area contributed by atoms with Crippen molar-refractivity contribution in [1.29, 1.82) is 0 Å². The molecule has 5 heteroatoms. The molecule has 2 aromatic carbocycles. The molecule has 0 aliphatic carbocycles. The number of hydrogen-bond acceptors (Lipinski definition) is 4. The molecule has 0 amide bonds. The number of thioether (sulfide) groups is 1. The summed E-state index contributed by atoms with van der Waals surface area (Å²) in [6.07, 6.45) is 3.56. The third kappa shape index (κ3) is 3.93. The molecule has 0 radical (unpaired) electrons. The van der Waals surface area contributed by atoms with Gasteiger partial charge in [0.05, 0.1) is 0 Å². The van der Waals surface area contributed by atoms with Gasteiger partial charge in [-0.2, -0.15) is 0 Å². The van der Waals surface area contributed by atoms with Crippen LogP contribution in [0.5, 0.6) is 0 Å². The Hall–Kier alpha value is -2.92. The van der Waals surface area contributed by atoms with E-state index < -0.39 is 0 Å².